The molecule has 2 aliphatic heterocycles. The molecule has 4 rings (SSSR count). The number of hydrogen-bond acceptors (Lipinski definition) is 7. The maximum absolute atomic E-state index is 13.3. The maximum Gasteiger partial charge on any atom is 0.409 e. The lowest BCUT2D eigenvalue weighted by molar-refractivity contribution is -0.128. The van der Waals surface area contributed by atoms with Gasteiger partial charge in [-0.25, -0.2) is 4.79 Å². The van der Waals surface area contributed by atoms with Crippen LogP contribution >= 0.6 is 11.3 Å². The molecule has 0 aliphatic carbocycles. The van der Waals surface area contributed by atoms with Crippen molar-refractivity contribution in [3.63, 3.8) is 0 Å². The van der Waals surface area contributed by atoms with Gasteiger partial charge in [-0.2, -0.15) is 0 Å². The van der Waals surface area contributed by atoms with E-state index in [1.54, 1.807) is 58.5 Å². The normalized spacial score (nSPS) is 15.5. The van der Waals surface area contributed by atoms with Crippen LogP contribution in [0.15, 0.2) is 41.4 Å². The average molecular weight is 458 g/mol. The third-order valence-corrected chi connectivity index (χ3v) is 5.89. The summed E-state index contributed by atoms with van der Waals surface area (Å²) in [5.74, 6) is 0.535. The molecule has 1 N–H and O–H groups in total. The summed E-state index contributed by atoms with van der Waals surface area (Å²) >= 11 is 1.29. The van der Waals surface area contributed by atoms with Gasteiger partial charge in [0.2, 0.25) is 6.79 Å². The van der Waals surface area contributed by atoms with Crippen LogP contribution in [0, 0.1) is 0 Å². The van der Waals surface area contributed by atoms with Gasteiger partial charge in [0, 0.05) is 26.2 Å². The largest absolute Gasteiger partial charge is 0.454 e. The molecule has 0 radical (unpaired) electrons. The number of nitrogens with zero attached hydrogens (tertiary/aromatic N) is 2. The van der Waals surface area contributed by atoms with Crippen molar-refractivity contribution in [2.45, 2.75) is 6.92 Å². The summed E-state index contributed by atoms with van der Waals surface area (Å²) in [4.78, 5) is 41.6. The Morgan fingerprint density at radius 3 is 2.56 bits per heavy atom. The minimum atomic E-state index is -0.387. The third-order valence-electron chi connectivity index (χ3n) is 5.02. The van der Waals surface area contributed by atoms with Crippen LogP contribution in [0.1, 0.15) is 22.2 Å². The number of fused-ring (bicyclic) bond motifs is 1. The first-order valence-electron chi connectivity index (χ1n) is 10.2. The molecule has 1 aromatic heterocycles. The number of carbonyl (C=O) groups is 3. The number of piperazine rings is 1. The van der Waals surface area contributed by atoms with Crippen LogP contribution in [-0.2, 0) is 9.53 Å². The summed E-state index contributed by atoms with van der Waals surface area (Å²) in [6, 6.07) is 8.77. The van der Waals surface area contributed by atoms with E-state index in [2.05, 4.69) is 5.32 Å². The number of ether oxygens (including phenoxy) is 3. The van der Waals surface area contributed by atoms with Crippen LogP contribution < -0.4 is 14.8 Å². The smallest absolute Gasteiger partial charge is 0.409 e. The van der Waals surface area contributed by atoms with Crippen molar-refractivity contribution in [1.29, 1.82) is 0 Å². The van der Waals surface area contributed by atoms with Gasteiger partial charge in [-0.3, -0.25) is 9.59 Å². The molecule has 1 aromatic carbocycles. The monoisotopic (exact) mass is 457 g/mol. The second kappa shape index (κ2) is 9.73. The first kappa shape index (κ1) is 21.7. The van der Waals surface area contributed by atoms with E-state index in [1.165, 1.54) is 11.3 Å². The molecule has 0 spiro atoms. The van der Waals surface area contributed by atoms with Crippen LogP contribution in [0.3, 0.4) is 0 Å². The molecule has 3 amide bonds. The Hall–Kier alpha value is -3.53. The standard InChI is InChI=1S/C22H23N3O6S/c1-2-29-22(28)25-9-7-24(8-10-25)21(27)16(23-20(26)19-4-3-11-32-19)12-15-5-6-17-18(13-15)31-14-30-17/h3-6,11-13H,2,7-10,14H2,1H3,(H,23,26)/b16-12+. The fourth-order valence-corrected chi connectivity index (χ4v) is 4.01. The Morgan fingerprint density at radius 1 is 1.09 bits per heavy atom. The van der Waals surface area contributed by atoms with Crippen molar-refractivity contribution >= 4 is 35.3 Å². The van der Waals surface area contributed by atoms with Gasteiger partial charge < -0.3 is 29.3 Å². The van der Waals surface area contributed by atoms with Gasteiger partial charge in [0.15, 0.2) is 11.5 Å². The van der Waals surface area contributed by atoms with Crippen LogP contribution in [-0.4, -0.2) is 67.3 Å². The second-order valence-corrected chi connectivity index (χ2v) is 8.03. The van der Waals surface area contributed by atoms with Gasteiger partial charge in [-0.15, -0.1) is 11.3 Å². The Labute approximate surface area is 189 Å². The zero-order valence-corrected chi connectivity index (χ0v) is 18.4. The van der Waals surface area contributed by atoms with Crippen molar-refractivity contribution in [2.75, 3.05) is 39.6 Å². The van der Waals surface area contributed by atoms with Crippen molar-refractivity contribution < 1.29 is 28.6 Å². The van der Waals surface area contributed by atoms with Crippen molar-refractivity contribution in [3.8, 4) is 11.5 Å². The fourth-order valence-electron chi connectivity index (χ4n) is 3.39. The lowest BCUT2D eigenvalue weighted by Gasteiger charge is -2.34. The summed E-state index contributed by atoms with van der Waals surface area (Å²) < 4.78 is 15.8. The zero-order valence-electron chi connectivity index (χ0n) is 17.5. The topological polar surface area (TPSA) is 97.4 Å². The summed E-state index contributed by atoms with van der Waals surface area (Å²) in [6.45, 7) is 3.60. The van der Waals surface area contributed by atoms with Gasteiger partial charge in [-0.1, -0.05) is 12.1 Å². The second-order valence-electron chi connectivity index (χ2n) is 7.08. The summed E-state index contributed by atoms with van der Waals surface area (Å²) in [5.41, 5.74) is 0.834. The van der Waals surface area contributed by atoms with E-state index in [0.717, 1.165) is 0 Å². The Kier molecular flexibility index (Phi) is 6.60. The summed E-state index contributed by atoms with van der Waals surface area (Å²) in [6.07, 6.45) is 1.23. The van der Waals surface area contributed by atoms with E-state index >= 15 is 0 Å². The van der Waals surface area contributed by atoms with Crippen molar-refractivity contribution in [2.24, 2.45) is 0 Å². The molecule has 168 valence electrons. The van der Waals surface area contributed by atoms with Crippen LogP contribution in [0.5, 0.6) is 11.5 Å². The number of amides is 3. The van der Waals surface area contributed by atoms with E-state index in [9.17, 15) is 14.4 Å². The van der Waals surface area contributed by atoms with Crippen molar-refractivity contribution in [1.82, 2.24) is 15.1 Å². The van der Waals surface area contributed by atoms with E-state index < -0.39 is 0 Å². The fraction of sp³-hybridized carbons (Fsp3) is 0.318. The molecular weight excluding hydrogens is 434 g/mol. The highest BCUT2D eigenvalue weighted by molar-refractivity contribution is 7.12. The van der Waals surface area contributed by atoms with Crippen molar-refractivity contribution in [3.05, 3.63) is 51.8 Å². The van der Waals surface area contributed by atoms with Crippen LogP contribution in [0.4, 0.5) is 4.79 Å². The molecule has 1 fully saturated rings. The number of nitrogens with one attached hydrogen (secondary N) is 1. The van der Waals surface area contributed by atoms with Crippen LogP contribution in [0.2, 0.25) is 0 Å². The Bertz CT molecular complexity index is 1030. The third kappa shape index (κ3) is 4.86. The first-order chi connectivity index (χ1) is 15.5. The van der Waals surface area contributed by atoms with Gasteiger partial charge >= 0.3 is 6.09 Å². The SMILES string of the molecule is CCOC(=O)N1CCN(C(=O)/C(=C\c2ccc3c(c2)OCO3)NC(=O)c2cccs2)CC1. The number of thiophene rings is 1. The molecule has 2 aromatic rings. The lowest BCUT2D eigenvalue weighted by Crippen LogP contribution is -2.52. The molecule has 0 atom stereocenters. The number of hydrogen-bond donors (Lipinski definition) is 1. The molecule has 10 heteroatoms. The molecular formula is C22H23N3O6S. The molecule has 9 nitrogen and oxygen atoms in total. The maximum atomic E-state index is 13.3. The minimum absolute atomic E-state index is 0.145. The predicted octanol–water partition coefficient (Wildman–Crippen LogP) is 2.55. The Morgan fingerprint density at radius 2 is 1.84 bits per heavy atom. The van der Waals surface area contributed by atoms with Gasteiger partial charge in [0.05, 0.1) is 11.5 Å². The first-order valence-corrected chi connectivity index (χ1v) is 11.1. The van der Waals surface area contributed by atoms with E-state index in [0.29, 0.717) is 54.7 Å². The molecule has 1 saturated heterocycles. The van der Waals surface area contributed by atoms with Crippen LogP contribution in [0.25, 0.3) is 6.08 Å². The molecule has 0 saturated carbocycles. The number of rotatable bonds is 5. The van der Waals surface area contributed by atoms with E-state index in [1.807, 2.05) is 0 Å². The molecule has 3 heterocycles. The molecule has 2 aliphatic rings. The van der Waals surface area contributed by atoms with E-state index in [4.69, 9.17) is 14.2 Å². The quantitative estimate of drug-likeness (QED) is 0.693. The molecule has 0 unspecified atom stereocenters. The van der Waals surface area contributed by atoms with Gasteiger partial charge in [0.25, 0.3) is 11.8 Å². The van der Waals surface area contributed by atoms with Gasteiger partial charge in [0.1, 0.15) is 5.70 Å². The molecule has 32 heavy (non-hydrogen) atoms. The van der Waals surface area contributed by atoms with Gasteiger partial charge in [-0.05, 0) is 42.1 Å². The average Bonchev–Trinajstić information content (AvgIpc) is 3.50. The predicted molar refractivity (Wildman–Crippen MR) is 118 cm³/mol. The summed E-state index contributed by atoms with van der Waals surface area (Å²) in [7, 11) is 0. The highest BCUT2D eigenvalue weighted by Gasteiger charge is 2.28. The number of benzene rings is 1. The summed E-state index contributed by atoms with van der Waals surface area (Å²) in [5, 5.41) is 4.55. The molecule has 0 bridgehead atoms. The lowest BCUT2D eigenvalue weighted by atomic mass is 10.1. The Balaban J connectivity index is 1.53. The zero-order chi connectivity index (χ0) is 22.5. The minimum Gasteiger partial charge on any atom is -0.454 e. The highest BCUT2D eigenvalue weighted by Crippen LogP contribution is 2.33. The number of carbonyl (C=O) groups excluding carboxylic acids is 3. The van der Waals surface area contributed by atoms with E-state index in [-0.39, 0.29) is 30.4 Å². The highest BCUT2D eigenvalue weighted by atomic mass is 32.1.